The van der Waals surface area contributed by atoms with E-state index in [2.05, 4.69) is 49.7 Å². The molecule has 1 aliphatic rings. The third-order valence-corrected chi connectivity index (χ3v) is 6.84. The number of benzene rings is 2. The van der Waals surface area contributed by atoms with Crippen LogP contribution in [0.5, 0.6) is 0 Å². The van der Waals surface area contributed by atoms with Crippen LogP contribution >= 0.6 is 0 Å². The highest BCUT2D eigenvalue weighted by atomic mass is 16.2. The molecule has 7 heteroatoms. The van der Waals surface area contributed by atoms with Crippen LogP contribution in [-0.4, -0.2) is 59.5 Å². The number of amides is 2. The van der Waals surface area contributed by atoms with Crippen molar-refractivity contribution in [3.05, 3.63) is 95.7 Å². The van der Waals surface area contributed by atoms with Crippen LogP contribution in [0.25, 0.3) is 5.70 Å². The molecular formula is C32H41N5O2. The summed E-state index contributed by atoms with van der Waals surface area (Å²) in [4.78, 5) is 34.7. The molecule has 2 aromatic rings. The fraction of sp³-hybridized carbons (Fsp3) is 0.344. The van der Waals surface area contributed by atoms with Gasteiger partial charge in [-0.05, 0) is 74.7 Å². The zero-order chi connectivity index (χ0) is 28.4. The number of anilines is 1. The summed E-state index contributed by atoms with van der Waals surface area (Å²) < 4.78 is 0. The minimum absolute atomic E-state index is 0.00680. The number of nitrogens with two attached hydrogens (primary N) is 1. The minimum atomic E-state index is -0.428. The summed E-state index contributed by atoms with van der Waals surface area (Å²) in [6, 6.07) is 15.6. The molecule has 0 unspecified atom stereocenters. The largest absolute Gasteiger partial charge is 0.394 e. The maximum atomic E-state index is 12.9. The van der Waals surface area contributed by atoms with Crippen LogP contribution in [-0.2, 0) is 11.2 Å². The molecule has 0 radical (unpaired) electrons. The molecule has 0 saturated carbocycles. The molecule has 0 aromatic heterocycles. The number of allylic oxidation sites excluding steroid dienone is 3. The summed E-state index contributed by atoms with van der Waals surface area (Å²) in [5.41, 5.74) is 11.0. The van der Waals surface area contributed by atoms with E-state index < -0.39 is 5.91 Å². The first-order chi connectivity index (χ1) is 18.7. The maximum Gasteiger partial charge on any atom is 0.271 e. The van der Waals surface area contributed by atoms with Crippen LogP contribution in [0.1, 0.15) is 55.6 Å². The Balaban J connectivity index is 1.67. The van der Waals surface area contributed by atoms with Crippen molar-refractivity contribution >= 4 is 28.9 Å². The van der Waals surface area contributed by atoms with Gasteiger partial charge in [0, 0.05) is 54.7 Å². The highest BCUT2D eigenvalue weighted by Crippen LogP contribution is 2.20. The molecule has 1 fully saturated rings. The number of carbonyl (C=O) groups is 2. The first-order valence-corrected chi connectivity index (χ1v) is 13.7. The van der Waals surface area contributed by atoms with Crippen molar-refractivity contribution in [3.8, 4) is 0 Å². The second-order valence-corrected chi connectivity index (χ2v) is 9.85. The zero-order valence-corrected chi connectivity index (χ0v) is 23.6. The van der Waals surface area contributed by atoms with Crippen LogP contribution in [0.4, 0.5) is 5.69 Å². The van der Waals surface area contributed by atoms with Gasteiger partial charge in [0.15, 0.2) is 0 Å². The highest BCUT2D eigenvalue weighted by molar-refractivity contribution is 6.09. The average Bonchev–Trinajstić information content (AvgIpc) is 2.96. The Morgan fingerprint density at radius 3 is 2.33 bits per heavy atom. The Bertz CT molecular complexity index is 1250. The third kappa shape index (κ3) is 8.26. The van der Waals surface area contributed by atoms with Crippen molar-refractivity contribution in [1.82, 2.24) is 9.80 Å². The van der Waals surface area contributed by atoms with Crippen molar-refractivity contribution in [3.63, 3.8) is 0 Å². The van der Waals surface area contributed by atoms with Crippen molar-refractivity contribution in [2.45, 2.75) is 46.6 Å². The molecule has 0 bridgehead atoms. The third-order valence-electron chi connectivity index (χ3n) is 6.84. The van der Waals surface area contributed by atoms with E-state index in [9.17, 15) is 9.59 Å². The van der Waals surface area contributed by atoms with E-state index in [-0.39, 0.29) is 11.6 Å². The Kier molecular flexibility index (Phi) is 10.8. The van der Waals surface area contributed by atoms with Gasteiger partial charge < -0.3 is 16.0 Å². The maximum absolute atomic E-state index is 12.9. The molecule has 206 valence electrons. The van der Waals surface area contributed by atoms with Crippen LogP contribution in [0.2, 0.25) is 0 Å². The van der Waals surface area contributed by atoms with Crippen molar-refractivity contribution in [1.29, 1.82) is 0 Å². The van der Waals surface area contributed by atoms with Gasteiger partial charge in [0.2, 0.25) is 0 Å². The number of aryl methyl sites for hydroxylation is 1. The van der Waals surface area contributed by atoms with Crippen LogP contribution < -0.4 is 11.1 Å². The van der Waals surface area contributed by atoms with Crippen LogP contribution in [0, 0.1) is 0 Å². The van der Waals surface area contributed by atoms with Crippen LogP contribution in [0.3, 0.4) is 0 Å². The standard InChI is InChI=1S/C32H41N5O2/c1-6-10-30(26-12-9-11-24(7-2)21-26)34-27(8-3)22-29(33)31(38)35-28-15-13-25(14-16-28)32(39)37-19-17-36(18-20-37)23(4)5/h6,9-16,21-23H,1,7-8,17-20,33H2,2-5H3,(H,35,38)/b29-22-,30-10-,34-27+. The van der Waals surface area contributed by atoms with E-state index >= 15 is 0 Å². The molecule has 1 saturated heterocycles. The molecule has 39 heavy (non-hydrogen) atoms. The summed E-state index contributed by atoms with van der Waals surface area (Å²) in [6.45, 7) is 15.4. The number of hydrogen-bond donors (Lipinski definition) is 2. The second-order valence-electron chi connectivity index (χ2n) is 9.85. The van der Waals surface area contributed by atoms with Gasteiger partial charge in [-0.3, -0.25) is 19.5 Å². The minimum Gasteiger partial charge on any atom is -0.394 e. The van der Waals surface area contributed by atoms with Gasteiger partial charge in [-0.1, -0.05) is 44.7 Å². The number of piperazine rings is 1. The van der Waals surface area contributed by atoms with Crippen molar-refractivity contribution < 1.29 is 9.59 Å². The predicted molar refractivity (Wildman–Crippen MR) is 162 cm³/mol. The van der Waals surface area contributed by atoms with Gasteiger partial charge in [-0.2, -0.15) is 0 Å². The topological polar surface area (TPSA) is 91.0 Å². The number of nitrogens with zero attached hydrogens (tertiary/aromatic N) is 3. The molecule has 0 spiro atoms. The Morgan fingerprint density at radius 1 is 1.05 bits per heavy atom. The van der Waals surface area contributed by atoms with E-state index in [1.165, 1.54) is 5.56 Å². The van der Waals surface area contributed by atoms with Crippen molar-refractivity contribution in [2.75, 3.05) is 31.5 Å². The van der Waals surface area contributed by atoms with Gasteiger partial charge >= 0.3 is 0 Å². The normalized spacial score (nSPS) is 15.4. The summed E-state index contributed by atoms with van der Waals surface area (Å²) >= 11 is 0. The number of rotatable bonds is 10. The first-order valence-electron chi connectivity index (χ1n) is 13.7. The lowest BCUT2D eigenvalue weighted by molar-refractivity contribution is -0.112. The Morgan fingerprint density at radius 2 is 1.74 bits per heavy atom. The number of aliphatic imine (C=N–C) groups is 1. The molecule has 3 rings (SSSR count). The van der Waals surface area contributed by atoms with Gasteiger partial charge in [0.1, 0.15) is 0 Å². The quantitative estimate of drug-likeness (QED) is 0.250. The molecule has 0 aliphatic carbocycles. The second kappa shape index (κ2) is 14.3. The van der Waals surface area contributed by atoms with Gasteiger partial charge in [-0.15, -0.1) is 0 Å². The predicted octanol–water partition coefficient (Wildman–Crippen LogP) is 5.27. The molecule has 3 N–H and O–H groups in total. The smallest absolute Gasteiger partial charge is 0.271 e. The van der Waals surface area contributed by atoms with E-state index in [4.69, 9.17) is 10.7 Å². The highest BCUT2D eigenvalue weighted by Gasteiger charge is 2.23. The zero-order valence-electron chi connectivity index (χ0n) is 23.6. The summed E-state index contributed by atoms with van der Waals surface area (Å²) in [5.74, 6) is -0.422. The lowest BCUT2D eigenvalue weighted by Crippen LogP contribution is -2.50. The fourth-order valence-electron chi connectivity index (χ4n) is 4.40. The lowest BCUT2D eigenvalue weighted by atomic mass is 10.1. The van der Waals surface area contributed by atoms with Crippen molar-refractivity contribution in [2.24, 2.45) is 10.7 Å². The lowest BCUT2D eigenvalue weighted by Gasteiger charge is -2.37. The molecule has 0 atom stereocenters. The first kappa shape index (κ1) is 29.6. The summed E-state index contributed by atoms with van der Waals surface area (Å²) in [6.07, 6.45) is 6.67. The molecule has 7 nitrogen and oxygen atoms in total. The average molecular weight is 528 g/mol. The fourth-order valence-corrected chi connectivity index (χ4v) is 4.40. The van der Waals surface area contributed by atoms with E-state index in [0.717, 1.165) is 30.8 Å². The number of nitrogens with one attached hydrogen (secondary N) is 1. The van der Waals surface area contributed by atoms with Gasteiger partial charge in [0.05, 0.1) is 11.4 Å². The molecular weight excluding hydrogens is 486 g/mol. The van der Waals surface area contributed by atoms with E-state index in [1.807, 2.05) is 30.0 Å². The van der Waals surface area contributed by atoms with Crippen LogP contribution in [0.15, 0.2) is 84.0 Å². The van der Waals surface area contributed by atoms with Gasteiger partial charge in [0.25, 0.3) is 11.8 Å². The summed E-state index contributed by atoms with van der Waals surface area (Å²) in [5, 5.41) is 2.81. The molecule has 1 heterocycles. The monoisotopic (exact) mass is 527 g/mol. The molecule has 2 aromatic carbocycles. The summed E-state index contributed by atoms with van der Waals surface area (Å²) in [7, 11) is 0. The SMILES string of the molecule is C=C\C=C(/N=C(/C=C(\N)C(=O)Nc1ccc(C(=O)N2CCN(C(C)C)CC2)cc1)CC)c1cccc(CC)c1. The Labute approximate surface area is 232 Å². The number of carbonyl (C=O) groups excluding carboxylic acids is 2. The Hall–Kier alpha value is -3.97. The molecule has 1 aliphatic heterocycles. The van der Waals surface area contributed by atoms with E-state index in [0.29, 0.717) is 42.5 Å². The van der Waals surface area contributed by atoms with E-state index in [1.54, 1.807) is 36.4 Å². The van der Waals surface area contributed by atoms with Gasteiger partial charge in [-0.25, -0.2) is 0 Å². The molecule has 2 amide bonds. The number of hydrogen-bond acceptors (Lipinski definition) is 5.